The Balaban J connectivity index is 1.08. The number of fused-ring (bicyclic) bond motifs is 11. The third-order valence-electron chi connectivity index (χ3n) is 16.8. The second-order valence-corrected chi connectivity index (χ2v) is 21.1. The summed E-state index contributed by atoms with van der Waals surface area (Å²) in [6, 6.07) is 1.78. The Morgan fingerprint density at radius 3 is 2.49 bits per heavy atom. The van der Waals surface area contributed by atoms with Gasteiger partial charge in [0.05, 0.1) is 47.7 Å². The molecular weight excluding hydrogens is 739 g/mol. The molecule has 3 N–H and O–H groups in total. The first-order valence-electron chi connectivity index (χ1n) is 22.4. The van der Waals surface area contributed by atoms with Crippen molar-refractivity contribution in [2.45, 2.75) is 136 Å². The highest BCUT2D eigenvalue weighted by Crippen LogP contribution is 2.71. The van der Waals surface area contributed by atoms with Gasteiger partial charge >= 0.3 is 0 Å². The second-order valence-electron chi connectivity index (χ2n) is 21.1. The van der Waals surface area contributed by atoms with Crippen molar-refractivity contribution in [3.05, 3.63) is 76.0 Å². The van der Waals surface area contributed by atoms with Crippen molar-refractivity contribution in [3.63, 3.8) is 0 Å². The van der Waals surface area contributed by atoms with E-state index in [0.717, 1.165) is 98.1 Å². The molecule has 2 saturated carbocycles. The van der Waals surface area contributed by atoms with Crippen LogP contribution < -0.4 is 5.32 Å². The predicted octanol–water partition coefficient (Wildman–Crippen LogP) is 7.94. The molecule has 1 amide bonds. The van der Waals surface area contributed by atoms with Gasteiger partial charge in [-0.25, -0.2) is 0 Å². The van der Waals surface area contributed by atoms with E-state index in [2.05, 4.69) is 88.0 Å². The van der Waals surface area contributed by atoms with Gasteiger partial charge < -0.3 is 29.6 Å². The molecule has 0 spiro atoms. The quantitative estimate of drug-likeness (QED) is 0.108. The van der Waals surface area contributed by atoms with Crippen LogP contribution in [-0.2, 0) is 26.1 Å². The van der Waals surface area contributed by atoms with Crippen molar-refractivity contribution >= 4 is 28.2 Å². The number of Topliss-reactive ketones (excluding diaryl/α,β-unsaturated/α-hetero) is 1. The fourth-order valence-electron chi connectivity index (χ4n) is 14.0. The molecule has 59 heavy (non-hydrogen) atoms. The first-order chi connectivity index (χ1) is 27.8. The van der Waals surface area contributed by atoms with Gasteiger partial charge in [0.2, 0.25) is 5.91 Å². The number of morpholine rings is 1. The maximum absolute atomic E-state index is 15.0. The molecule has 1 aromatic heterocycles. The molecule has 4 heterocycles. The fourth-order valence-corrected chi connectivity index (χ4v) is 14.0. The molecule has 7 aliphatic rings. The van der Waals surface area contributed by atoms with Crippen LogP contribution in [0.2, 0.25) is 0 Å². The number of nitrogens with one attached hydrogen (secondary N) is 1. The number of hydrogen-bond donors (Lipinski definition) is 3. The van der Waals surface area contributed by atoms with Gasteiger partial charge in [-0.1, -0.05) is 51.2 Å². The number of carbonyl (C=O) groups is 2. The summed E-state index contributed by atoms with van der Waals surface area (Å²) in [4.78, 5) is 30.4. The van der Waals surface area contributed by atoms with E-state index in [1.165, 1.54) is 11.3 Å². The largest absolute Gasteiger partial charge is 0.392 e. The van der Waals surface area contributed by atoms with Gasteiger partial charge in [0.25, 0.3) is 0 Å². The third-order valence-corrected chi connectivity index (χ3v) is 16.8. The van der Waals surface area contributed by atoms with E-state index in [1.54, 1.807) is 0 Å². The molecule has 318 valence electrons. The first kappa shape index (κ1) is 41.0. The van der Waals surface area contributed by atoms with E-state index in [0.29, 0.717) is 30.0 Å². The van der Waals surface area contributed by atoms with Gasteiger partial charge in [-0.2, -0.15) is 0 Å². The summed E-state index contributed by atoms with van der Waals surface area (Å²) in [5, 5.41) is 28.4. The molecule has 4 aliphatic carbocycles. The van der Waals surface area contributed by atoms with Crippen molar-refractivity contribution in [1.29, 1.82) is 0 Å². The van der Waals surface area contributed by atoms with Crippen molar-refractivity contribution in [2.24, 2.45) is 28.6 Å². The summed E-state index contributed by atoms with van der Waals surface area (Å²) < 4.78 is 14.4. The highest BCUT2D eigenvalue weighted by molar-refractivity contribution is 6.18. The molecule has 9 nitrogen and oxygen atoms in total. The lowest BCUT2D eigenvalue weighted by Crippen LogP contribution is -2.62. The van der Waals surface area contributed by atoms with Gasteiger partial charge in [-0.3, -0.25) is 14.5 Å². The summed E-state index contributed by atoms with van der Waals surface area (Å²) in [6.45, 7) is 28.7. The maximum atomic E-state index is 15.0. The lowest BCUT2D eigenvalue weighted by Gasteiger charge is -2.64. The molecule has 9 heteroatoms. The molecule has 3 aliphatic heterocycles. The van der Waals surface area contributed by atoms with Gasteiger partial charge in [0.15, 0.2) is 5.78 Å². The number of nitrogens with zero attached hydrogens (tertiary/aromatic N) is 2. The van der Waals surface area contributed by atoms with E-state index in [1.807, 2.05) is 26.0 Å². The molecule has 3 fully saturated rings. The summed E-state index contributed by atoms with van der Waals surface area (Å²) in [7, 11) is 0. The maximum Gasteiger partial charge on any atom is 0.246 e. The Kier molecular flexibility index (Phi) is 9.62. The van der Waals surface area contributed by atoms with Crippen LogP contribution in [-0.4, -0.2) is 88.1 Å². The van der Waals surface area contributed by atoms with Crippen LogP contribution in [0.25, 0.3) is 16.5 Å². The number of rotatable bonds is 8. The number of aromatic nitrogens is 1. The Morgan fingerprint density at radius 2 is 1.78 bits per heavy atom. The topological polar surface area (TPSA) is 113 Å². The van der Waals surface area contributed by atoms with Crippen molar-refractivity contribution in [1.82, 2.24) is 14.8 Å². The molecule has 1 aromatic carbocycles. The smallest absolute Gasteiger partial charge is 0.246 e. The molecular formula is C50H67N3O6. The number of aliphatic hydroxyl groups is 2. The van der Waals surface area contributed by atoms with Crippen molar-refractivity contribution in [3.8, 4) is 0 Å². The van der Waals surface area contributed by atoms with Gasteiger partial charge in [0.1, 0.15) is 6.04 Å². The SMILES string of the molecule is C=C(C)C1C(=O)c2c3c(cc4c5c(n1c24)C1(C)C(CCC2C(C)(/C=C/C=C(\C)C(=O)NCCCN4CCOCC4)C(O)CCC21C)C5)C1=CC(C)(C)OC(C)(C)C1C3O. The molecule has 9 rings (SSSR count). The molecule has 2 aromatic rings. The number of amides is 1. The zero-order chi connectivity index (χ0) is 42.2. The summed E-state index contributed by atoms with van der Waals surface area (Å²) in [6.07, 6.45) is 12.3. The number of benzene rings is 1. The second kappa shape index (κ2) is 13.8. The Bertz CT molecular complexity index is 2240. The van der Waals surface area contributed by atoms with Crippen LogP contribution >= 0.6 is 0 Å². The number of ketones is 1. The number of hydrogen-bond acceptors (Lipinski definition) is 7. The van der Waals surface area contributed by atoms with Crippen LogP contribution in [0, 0.1) is 28.6 Å². The molecule has 0 radical (unpaired) electrons. The summed E-state index contributed by atoms with van der Waals surface area (Å²) in [5.74, 6) is 0.254. The van der Waals surface area contributed by atoms with Crippen molar-refractivity contribution in [2.75, 3.05) is 39.4 Å². The van der Waals surface area contributed by atoms with E-state index < -0.39 is 34.9 Å². The highest BCUT2D eigenvalue weighted by Gasteiger charge is 2.68. The Hall–Kier alpha value is -3.34. The van der Waals surface area contributed by atoms with Crippen LogP contribution in [0.3, 0.4) is 0 Å². The average Bonchev–Trinajstić information content (AvgIpc) is 3.84. The number of aliphatic hydroxyl groups excluding tert-OH is 2. The first-order valence-corrected chi connectivity index (χ1v) is 22.4. The number of allylic oxidation sites excluding steroid dienone is 3. The molecule has 9 unspecified atom stereocenters. The minimum absolute atomic E-state index is 0.0353. The highest BCUT2D eigenvalue weighted by atomic mass is 16.5. The Labute approximate surface area is 351 Å². The van der Waals surface area contributed by atoms with Gasteiger partial charge in [-0.05, 0) is 133 Å². The minimum atomic E-state index is -0.857. The molecule has 1 saturated heterocycles. The molecule has 0 bridgehead atoms. The van der Waals surface area contributed by atoms with Crippen molar-refractivity contribution < 1.29 is 29.3 Å². The monoisotopic (exact) mass is 806 g/mol. The third kappa shape index (κ3) is 5.80. The lowest BCUT2D eigenvalue weighted by molar-refractivity contribution is -0.144. The van der Waals surface area contributed by atoms with E-state index >= 15 is 0 Å². The normalized spacial score (nSPS) is 36.9. The summed E-state index contributed by atoms with van der Waals surface area (Å²) >= 11 is 0. The standard InChI is InChI=1S/C50H67N3O6/c1-28(2)40-43(56)38-37-31(34-27-46(4,5)59-47(6,7)39(34)42(37)55)26-32-33-25-30-14-15-35-48(8,36(54)16-18-49(35,9)50(30,10)44(33)53(40)41(32)38)17-11-13-29(3)45(57)51-19-12-20-52-21-23-58-24-22-52/h11,13,17,26-27,30,35-36,39-40,42,54-55H,1,12,14-16,18-25H2,2-10H3,(H,51,57)/b17-11+,29-13+. The van der Waals surface area contributed by atoms with E-state index in [-0.39, 0.29) is 34.4 Å². The fraction of sp³-hybridized carbons (Fsp3) is 0.640. The van der Waals surface area contributed by atoms with Crippen LogP contribution in [0.15, 0.2) is 48.1 Å². The zero-order valence-electron chi connectivity index (χ0n) is 37.0. The Morgan fingerprint density at radius 1 is 1.05 bits per heavy atom. The predicted molar refractivity (Wildman–Crippen MR) is 232 cm³/mol. The van der Waals surface area contributed by atoms with Gasteiger partial charge in [0, 0.05) is 58.6 Å². The van der Waals surface area contributed by atoms with E-state index in [9.17, 15) is 19.8 Å². The van der Waals surface area contributed by atoms with Crippen LogP contribution in [0.1, 0.15) is 139 Å². The van der Waals surface area contributed by atoms with E-state index in [4.69, 9.17) is 9.47 Å². The average molecular weight is 806 g/mol. The van der Waals surface area contributed by atoms with Gasteiger partial charge in [-0.15, -0.1) is 0 Å². The van der Waals surface area contributed by atoms with Crippen LogP contribution in [0.4, 0.5) is 0 Å². The minimum Gasteiger partial charge on any atom is -0.392 e. The zero-order valence-corrected chi connectivity index (χ0v) is 37.0. The van der Waals surface area contributed by atoms with Crippen LogP contribution in [0.5, 0.6) is 0 Å². The summed E-state index contributed by atoms with van der Waals surface area (Å²) in [5.41, 5.74) is 6.42. The molecule has 9 atom stereocenters. The lowest BCUT2D eigenvalue weighted by atomic mass is 9.40. The number of carbonyl (C=O) groups excluding carboxylic acids is 2. The number of ether oxygens (including phenoxy) is 2.